The van der Waals surface area contributed by atoms with Gasteiger partial charge in [-0.25, -0.2) is 0 Å². The third-order valence-electron chi connectivity index (χ3n) is 3.39. The lowest BCUT2D eigenvalue weighted by Crippen LogP contribution is -2.22. The van der Waals surface area contributed by atoms with Gasteiger partial charge in [0.1, 0.15) is 0 Å². The van der Waals surface area contributed by atoms with Crippen LogP contribution in [-0.2, 0) is 0 Å². The zero-order valence-corrected chi connectivity index (χ0v) is 15.1. The zero-order chi connectivity index (χ0) is 15.4. The molecule has 2 aromatic rings. The molecule has 0 radical (unpaired) electrons. The van der Waals surface area contributed by atoms with Crippen LogP contribution in [-0.4, -0.2) is 20.8 Å². The number of nitrogens with one attached hydrogen (secondary N) is 1. The summed E-state index contributed by atoms with van der Waals surface area (Å²) in [5.74, 6) is 1.50. The van der Waals surface area contributed by atoms with Crippen molar-refractivity contribution in [2.75, 3.05) is 20.8 Å². The summed E-state index contributed by atoms with van der Waals surface area (Å²) >= 11 is 5.33. The maximum Gasteiger partial charge on any atom is 0.161 e. The number of hydrogen-bond acceptors (Lipinski definition) is 4. The summed E-state index contributed by atoms with van der Waals surface area (Å²) in [4.78, 5) is 1.31. The first-order chi connectivity index (χ1) is 10.1. The highest BCUT2D eigenvalue weighted by Gasteiger charge is 2.19. The average Bonchev–Trinajstić information content (AvgIpc) is 2.82. The Morgan fingerprint density at radius 3 is 2.43 bits per heavy atom. The number of benzene rings is 1. The number of methoxy groups -OCH3 is 2. The van der Waals surface area contributed by atoms with E-state index in [9.17, 15) is 0 Å². The largest absolute Gasteiger partial charge is 0.493 e. The van der Waals surface area contributed by atoms with Crippen LogP contribution in [0.15, 0.2) is 28.1 Å². The summed E-state index contributed by atoms with van der Waals surface area (Å²) in [6, 6.07) is 8.41. The molecule has 0 spiro atoms. The van der Waals surface area contributed by atoms with Crippen LogP contribution in [0.25, 0.3) is 0 Å². The lowest BCUT2D eigenvalue weighted by atomic mass is 9.99. The molecule has 114 valence electrons. The predicted octanol–water partition coefficient (Wildman–Crippen LogP) is 4.54. The maximum atomic E-state index is 5.42. The fourth-order valence-corrected chi connectivity index (χ4v) is 4.14. The van der Waals surface area contributed by atoms with Crippen molar-refractivity contribution in [2.45, 2.75) is 19.9 Å². The van der Waals surface area contributed by atoms with Crippen molar-refractivity contribution < 1.29 is 9.47 Å². The predicted molar refractivity (Wildman–Crippen MR) is 91.8 cm³/mol. The second-order valence-corrected chi connectivity index (χ2v) is 7.30. The van der Waals surface area contributed by atoms with Gasteiger partial charge in [-0.3, -0.25) is 0 Å². The van der Waals surface area contributed by atoms with E-state index in [-0.39, 0.29) is 6.04 Å². The molecule has 1 N–H and O–H groups in total. The second-order valence-electron chi connectivity index (χ2n) is 4.67. The minimum absolute atomic E-state index is 0.150. The van der Waals surface area contributed by atoms with Crippen molar-refractivity contribution in [3.8, 4) is 11.5 Å². The molecule has 1 aromatic heterocycles. The number of ether oxygens (including phenoxy) is 2. The Morgan fingerprint density at radius 2 is 1.90 bits per heavy atom. The monoisotopic (exact) mass is 369 g/mol. The Kier molecular flexibility index (Phi) is 5.67. The first kappa shape index (κ1) is 16.3. The van der Waals surface area contributed by atoms with Crippen molar-refractivity contribution in [1.82, 2.24) is 5.32 Å². The van der Waals surface area contributed by atoms with Crippen LogP contribution < -0.4 is 14.8 Å². The highest BCUT2D eigenvalue weighted by atomic mass is 79.9. The Bertz CT molecular complexity index is 612. The maximum absolute atomic E-state index is 5.42. The molecule has 0 aliphatic rings. The van der Waals surface area contributed by atoms with E-state index in [0.29, 0.717) is 0 Å². The summed E-state index contributed by atoms with van der Waals surface area (Å²) in [7, 11) is 3.32. The number of hydrogen-bond donors (Lipinski definition) is 1. The van der Waals surface area contributed by atoms with Crippen LogP contribution in [0.5, 0.6) is 11.5 Å². The minimum atomic E-state index is 0.150. The summed E-state index contributed by atoms with van der Waals surface area (Å²) in [6.45, 7) is 5.16. The average molecular weight is 370 g/mol. The van der Waals surface area contributed by atoms with E-state index in [4.69, 9.17) is 9.47 Å². The smallest absolute Gasteiger partial charge is 0.161 e. The molecule has 0 amide bonds. The molecular formula is C16H20BrNO2S. The fraction of sp³-hybridized carbons (Fsp3) is 0.375. The Balaban J connectivity index is 2.45. The normalized spacial score (nSPS) is 12.2. The van der Waals surface area contributed by atoms with Gasteiger partial charge < -0.3 is 14.8 Å². The zero-order valence-electron chi connectivity index (χ0n) is 12.7. The third kappa shape index (κ3) is 3.59. The molecular weight excluding hydrogens is 350 g/mol. The highest BCUT2D eigenvalue weighted by molar-refractivity contribution is 9.11. The van der Waals surface area contributed by atoms with E-state index in [2.05, 4.69) is 47.2 Å². The molecule has 0 aliphatic carbocycles. The Labute approximate surface area is 138 Å². The van der Waals surface area contributed by atoms with Gasteiger partial charge >= 0.3 is 0 Å². The van der Waals surface area contributed by atoms with Crippen LogP contribution in [0.2, 0.25) is 0 Å². The molecule has 0 saturated carbocycles. The van der Waals surface area contributed by atoms with Crippen molar-refractivity contribution in [2.24, 2.45) is 0 Å². The Morgan fingerprint density at radius 1 is 1.19 bits per heavy atom. The molecule has 3 nitrogen and oxygen atoms in total. The summed E-state index contributed by atoms with van der Waals surface area (Å²) in [5.41, 5.74) is 2.46. The van der Waals surface area contributed by atoms with E-state index in [0.717, 1.165) is 21.8 Å². The van der Waals surface area contributed by atoms with E-state index < -0.39 is 0 Å². The topological polar surface area (TPSA) is 30.5 Å². The van der Waals surface area contributed by atoms with Crippen LogP contribution in [0.1, 0.15) is 29.0 Å². The van der Waals surface area contributed by atoms with Gasteiger partial charge in [-0.05, 0) is 58.7 Å². The van der Waals surface area contributed by atoms with E-state index in [1.165, 1.54) is 16.0 Å². The van der Waals surface area contributed by atoms with E-state index >= 15 is 0 Å². The SMILES string of the molecule is CCNC(c1ccc(OC)c(OC)c1)c1cc(Br)sc1C. The molecule has 1 atom stereocenters. The van der Waals surface area contributed by atoms with Crippen molar-refractivity contribution in [1.29, 1.82) is 0 Å². The lowest BCUT2D eigenvalue weighted by molar-refractivity contribution is 0.354. The van der Waals surface area contributed by atoms with Crippen LogP contribution in [0.3, 0.4) is 0 Å². The van der Waals surface area contributed by atoms with E-state index in [1.807, 2.05) is 12.1 Å². The summed E-state index contributed by atoms with van der Waals surface area (Å²) in [6.07, 6.45) is 0. The molecule has 0 aliphatic heterocycles. The van der Waals surface area contributed by atoms with Gasteiger partial charge in [0.25, 0.3) is 0 Å². The van der Waals surface area contributed by atoms with Crippen LogP contribution >= 0.6 is 27.3 Å². The van der Waals surface area contributed by atoms with Crippen molar-refractivity contribution >= 4 is 27.3 Å². The molecule has 5 heteroatoms. The minimum Gasteiger partial charge on any atom is -0.493 e. The van der Waals surface area contributed by atoms with Crippen LogP contribution in [0.4, 0.5) is 0 Å². The van der Waals surface area contributed by atoms with Crippen molar-refractivity contribution in [3.63, 3.8) is 0 Å². The molecule has 1 heterocycles. The van der Waals surface area contributed by atoms with Gasteiger partial charge in [-0.15, -0.1) is 11.3 Å². The number of halogens is 1. The highest BCUT2D eigenvalue weighted by Crippen LogP contribution is 2.36. The number of rotatable bonds is 6. The van der Waals surface area contributed by atoms with Crippen LogP contribution in [0, 0.1) is 6.92 Å². The summed E-state index contributed by atoms with van der Waals surface area (Å²) in [5, 5.41) is 3.55. The van der Waals surface area contributed by atoms with E-state index in [1.54, 1.807) is 25.6 Å². The first-order valence-corrected chi connectivity index (χ1v) is 8.42. The van der Waals surface area contributed by atoms with Gasteiger partial charge in [-0.1, -0.05) is 13.0 Å². The Hall–Kier alpha value is -1.04. The van der Waals surface area contributed by atoms with Crippen molar-refractivity contribution in [3.05, 3.63) is 44.1 Å². The van der Waals surface area contributed by atoms with Gasteiger partial charge in [0.05, 0.1) is 24.0 Å². The first-order valence-electron chi connectivity index (χ1n) is 6.81. The fourth-order valence-electron chi connectivity index (χ4n) is 2.39. The lowest BCUT2D eigenvalue weighted by Gasteiger charge is -2.20. The third-order valence-corrected chi connectivity index (χ3v) is 4.96. The number of thiophene rings is 1. The molecule has 0 bridgehead atoms. The standard InChI is InChI=1S/C16H20BrNO2S/c1-5-18-16(12-9-15(17)21-10(12)2)11-6-7-13(19-3)14(8-11)20-4/h6-9,16,18H,5H2,1-4H3. The molecule has 2 rings (SSSR count). The summed E-state index contributed by atoms with van der Waals surface area (Å²) < 4.78 is 11.9. The van der Waals surface area contributed by atoms with Gasteiger partial charge in [0, 0.05) is 4.88 Å². The molecule has 21 heavy (non-hydrogen) atoms. The molecule has 1 unspecified atom stereocenters. The van der Waals surface area contributed by atoms with Gasteiger partial charge in [0.2, 0.25) is 0 Å². The van der Waals surface area contributed by atoms with Gasteiger partial charge in [-0.2, -0.15) is 0 Å². The molecule has 1 aromatic carbocycles. The molecule has 0 fully saturated rings. The number of aryl methyl sites for hydroxylation is 1. The molecule has 0 saturated heterocycles. The second kappa shape index (κ2) is 7.29. The van der Waals surface area contributed by atoms with Gasteiger partial charge in [0.15, 0.2) is 11.5 Å². The quantitative estimate of drug-likeness (QED) is 0.810.